The fourth-order valence-electron chi connectivity index (χ4n) is 3.32. The molecule has 0 bridgehead atoms. The van der Waals surface area contributed by atoms with Crippen molar-refractivity contribution in [2.24, 2.45) is 0 Å². The molecule has 2 amide bonds. The summed E-state index contributed by atoms with van der Waals surface area (Å²) in [5, 5.41) is 6.75. The van der Waals surface area contributed by atoms with Gasteiger partial charge in [0.15, 0.2) is 0 Å². The van der Waals surface area contributed by atoms with Crippen molar-refractivity contribution in [3.8, 4) is 0 Å². The first-order valence-electron chi connectivity index (χ1n) is 9.57. The molecule has 4 rings (SSSR count). The van der Waals surface area contributed by atoms with Gasteiger partial charge in [0.1, 0.15) is 0 Å². The second-order valence-corrected chi connectivity index (χ2v) is 8.89. The van der Waals surface area contributed by atoms with Crippen LogP contribution in [-0.2, 0) is 11.3 Å². The van der Waals surface area contributed by atoms with Gasteiger partial charge < -0.3 is 15.0 Å². The summed E-state index contributed by atoms with van der Waals surface area (Å²) in [6.45, 7) is 1.94. The van der Waals surface area contributed by atoms with Crippen molar-refractivity contribution in [1.82, 2.24) is 4.90 Å². The predicted molar refractivity (Wildman–Crippen MR) is 117 cm³/mol. The fourth-order valence-corrected chi connectivity index (χ4v) is 4.66. The van der Waals surface area contributed by atoms with E-state index in [1.165, 1.54) is 11.3 Å². The Morgan fingerprint density at radius 3 is 2.52 bits per heavy atom. The highest BCUT2D eigenvalue weighted by atomic mass is 32.1. The van der Waals surface area contributed by atoms with Crippen molar-refractivity contribution in [2.75, 3.05) is 18.5 Å². The molecule has 1 atom stereocenters. The minimum absolute atomic E-state index is 0.0231. The van der Waals surface area contributed by atoms with Crippen molar-refractivity contribution in [1.29, 1.82) is 0 Å². The number of rotatable bonds is 7. The maximum Gasteiger partial charge on any atom is 0.265 e. The van der Waals surface area contributed by atoms with Crippen LogP contribution < -0.4 is 5.32 Å². The molecule has 2 aromatic heterocycles. The van der Waals surface area contributed by atoms with Crippen LogP contribution in [0.1, 0.15) is 37.7 Å². The number of amides is 2. The van der Waals surface area contributed by atoms with E-state index in [4.69, 9.17) is 4.74 Å². The zero-order chi connectivity index (χ0) is 20.1. The average Bonchev–Trinajstić information content (AvgIpc) is 3.50. The van der Waals surface area contributed by atoms with Crippen LogP contribution in [0.2, 0.25) is 0 Å². The number of hydrogen-bond acceptors (Lipinski definition) is 5. The summed E-state index contributed by atoms with van der Waals surface area (Å²) >= 11 is 3.04. The summed E-state index contributed by atoms with van der Waals surface area (Å²) in [5.41, 5.74) is 1.28. The fraction of sp³-hybridized carbons (Fsp3) is 0.273. The van der Waals surface area contributed by atoms with Gasteiger partial charge in [-0.05, 0) is 60.0 Å². The largest absolute Gasteiger partial charge is 0.376 e. The van der Waals surface area contributed by atoms with Crippen molar-refractivity contribution in [3.63, 3.8) is 0 Å². The summed E-state index contributed by atoms with van der Waals surface area (Å²) < 4.78 is 5.75. The topological polar surface area (TPSA) is 58.6 Å². The van der Waals surface area contributed by atoms with Gasteiger partial charge in [0.2, 0.25) is 0 Å². The number of benzene rings is 1. The van der Waals surface area contributed by atoms with Crippen LogP contribution in [0.25, 0.3) is 0 Å². The van der Waals surface area contributed by atoms with Crippen LogP contribution in [0.5, 0.6) is 0 Å². The maximum absolute atomic E-state index is 13.2. The van der Waals surface area contributed by atoms with Gasteiger partial charge in [0, 0.05) is 29.3 Å². The molecule has 1 unspecified atom stereocenters. The van der Waals surface area contributed by atoms with Crippen LogP contribution in [-0.4, -0.2) is 36.0 Å². The maximum atomic E-state index is 13.2. The molecule has 0 aliphatic carbocycles. The van der Waals surface area contributed by atoms with Crippen LogP contribution in [0.15, 0.2) is 59.3 Å². The van der Waals surface area contributed by atoms with Gasteiger partial charge in [0.25, 0.3) is 11.8 Å². The van der Waals surface area contributed by atoms with Gasteiger partial charge in [-0.15, -0.1) is 22.7 Å². The normalized spacial score (nSPS) is 15.9. The number of hydrogen-bond donors (Lipinski definition) is 1. The number of ether oxygens (including phenoxy) is 1. The summed E-state index contributed by atoms with van der Waals surface area (Å²) in [7, 11) is 0. The quantitative estimate of drug-likeness (QED) is 0.586. The third-order valence-electron chi connectivity index (χ3n) is 4.80. The number of carbonyl (C=O) groups excluding carboxylic acids is 2. The molecule has 3 aromatic rings. The Morgan fingerprint density at radius 1 is 1.07 bits per heavy atom. The summed E-state index contributed by atoms with van der Waals surface area (Å²) in [6, 6.07) is 14.8. The number of nitrogens with one attached hydrogen (secondary N) is 1. The highest BCUT2D eigenvalue weighted by molar-refractivity contribution is 7.12. The Labute approximate surface area is 177 Å². The average molecular weight is 427 g/mol. The second-order valence-electron chi connectivity index (χ2n) is 6.91. The number of thiophene rings is 2. The van der Waals surface area contributed by atoms with Gasteiger partial charge in [-0.1, -0.05) is 12.1 Å². The van der Waals surface area contributed by atoms with E-state index in [-0.39, 0.29) is 17.9 Å². The van der Waals surface area contributed by atoms with E-state index >= 15 is 0 Å². The van der Waals surface area contributed by atoms with Gasteiger partial charge in [-0.2, -0.15) is 0 Å². The lowest BCUT2D eigenvalue weighted by Crippen LogP contribution is -2.36. The number of anilines is 1. The molecule has 1 N–H and O–H groups in total. The van der Waals surface area contributed by atoms with Crippen LogP contribution in [0, 0.1) is 0 Å². The van der Waals surface area contributed by atoms with Gasteiger partial charge in [-0.3, -0.25) is 9.59 Å². The SMILES string of the molecule is O=C(Nc1ccc(C(=O)N(Cc2cccs2)CC2CCCO2)cc1)c1cccs1. The Balaban J connectivity index is 1.45. The van der Waals surface area contributed by atoms with E-state index in [0.29, 0.717) is 29.2 Å². The van der Waals surface area contributed by atoms with E-state index in [9.17, 15) is 9.59 Å². The zero-order valence-electron chi connectivity index (χ0n) is 15.9. The minimum atomic E-state index is -0.142. The lowest BCUT2D eigenvalue weighted by molar-refractivity contribution is 0.0509. The van der Waals surface area contributed by atoms with E-state index < -0.39 is 0 Å². The van der Waals surface area contributed by atoms with Gasteiger partial charge in [-0.25, -0.2) is 0 Å². The Kier molecular flexibility index (Phi) is 6.39. The molecular formula is C22H22N2O3S2. The number of nitrogens with zero attached hydrogens (tertiary/aromatic N) is 1. The van der Waals surface area contributed by atoms with Crippen molar-refractivity contribution in [3.05, 3.63) is 74.6 Å². The van der Waals surface area contributed by atoms with Gasteiger partial charge >= 0.3 is 0 Å². The second kappa shape index (κ2) is 9.35. The van der Waals surface area contributed by atoms with Crippen molar-refractivity contribution >= 4 is 40.2 Å². The predicted octanol–water partition coefficient (Wildman–Crippen LogP) is 4.88. The first-order chi connectivity index (χ1) is 14.2. The monoisotopic (exact) mass is 426 g/mol. The molecule has 0 radical (unpaired) electrons. The highest BCUT2D eigenvalue weighted by Gasteiger charge is 2.24. The van der Waals surface area contributed by atoms with E-state index in [0.717, 1.165) is 24.3 Å². The van der Waals surface area contributed by atoms with Gasteiger partial charge in [0.05, 0.1) is 17.5 Å². The van der Waals surface area contributed by atoms with Crippen molar-refractivity contribution < 1.29 is 14.3 Å². The lowest BCUT2D eigenvalue weighted by atomic mass is 10.1. The zero-order valence-corrected chi connectivity index (χ0v) is 17.5. The Hall–Kier alpha value is -2.48. The molecule has 150 valence electrons. The minimum Gasteiger partial charge on any atom is -0.376 e. The van der Waals surface area contributed by atoms with Crippen molar-refractivity contribution in [2.45, 2.75) is 25.5 Å². The summed E-state index contributed by atoms with van der Waals surface area (Å²) in [4.78, 5) is 29.0. The van der Waals surface area contributed by atoms with Crippen LogP contribution in [0.4, 0.5) is 5.69 Å². The molecule has 7 heteroatoms. The molecular weight excluding hydrogens is 404 g/mol. The van der Waals surface area contributed by atoms with E-state index in [2.05, 4.69) is 5.32 Å². The molecule has 1 aliphatic rings. The van der Waals surface area contributed by atoms with E-state index in [1.54, 1.807) is 41.7 Å². The summed E-state index contributed by atoms with van der Waals surface area (Å²) in [5.74, 6) is -0.165. The van der Waals surface area contributed by atoms with E-state index in [1.807, 2.05) is 33.9 Å². The molecule has 0 spiro atoms. The molecule has 3 heterocycles. The first-order valence-corrected chi connectivity index (χ1v) is 11.3. The smallest absolute Gasteiger partial charge is 0.265 e. The third kappa shape index (κ3) is 5.12. The molecule has 1 aliphatic heterocycles. The standard InChI is InChI=1S/C22H22N2O3S2/c25-21(20-6-3-13-29-20)23-17-9-7-16(8-10-17)22(26)24(14-18-4-1-11-27-18)15-19-5-2-12-28-19/h2-3,5-10,12-13,18H,1,4,11,14-15H2,(H,23,25). The molecule has 1 fully saturated rings. The molecule has 1 aromatic carbocycles. The molecule has 5 nitrogen and oxygen atoms in total. The first kappa shape index (κ1) is 19.8. The Morgan fingerprint density at radius 2 is 1.86 bits per heavy atom. The van der Waals surface area contributed by atoms with Crippen LogP contribution >= 0.6 is 22.7 Å². The molecule has 0 saturated carbocycles. The van der Waals surface area contributed by atoms with Crippen LogP contribution in [0.3, 0.4) is 0 Å². The third-order valence-corrected chi connectivity index (χ3v) is 6.53. The molecule has 29 heavy (non-hydrogen) atoms. The molecule has 1 saturated heterocycles. The lowest BCUT2D eigenvalue weighted by Gasteiger charge is -2.25. The number of carbonyl (C=O) groups is 2. The highest BCUT2D eigenvalue weighted by Crippen LogP contribution is 2.20. The summed E-state index contributed by atoms with van der Waals surface area (Å²) in [6.07, 6.45) is 2.13. The Bertz CT molecular complexity index is 931.